The molecule has 0 unspecified atom stereocenters. The molecule has 1 aromatic rings. The van der Waals surface area contributed by atoms with Gasteiger partial charge in [-0.1, -0.05) is 15.9 Å². The number of halogens is 1. The van der Waals surface area contributed by atoms with Crippen LogP contribution in [0.2, 0.25) is 0 Å². The van der Waals surface area contributed by atoms with Crippen LogP contribution in [0, 0.1) is 10.1 Å². The van der Waals surface area contributed by atoms with Gasteiger partial charge in [-0.2, -0.15) is 4.31 Å². The summed E-state index contributed by atoms with van der Waals surface area (Å²) in [6, 6.07) is 3.89. The number of hydrogen-bond acceptors (Lipinski definition) is 5. The zero-order valence-electron chi connectivity index (χ0n) is 11.6. The van der Waals surface area contributed by atoms with Crippen LogP contribution in [0.15, 0.2) is 27.6 Å². The molecule has 9 heteroatoms. The van der Waals surface area contributed by atoms with E-state index < -0.39 is 26.2 Å². The third-order valence-electron chi connectivity index (χ3n) is 3.26. The van der Waals surface area contributed by atoms with E-state index in [2.05, 4.69) is 15.9 Å². The summed E-state index contributed by atoms with van der Waals surface area (Å²) in [6.07, 6.45) is 0. The summed E-state index contributed by atoms with van der Waals surface area (Å²) in [5.41, 5.74) is -1.19. The third kappa shape index (κ3) is 3.10. The standard InChI is InChI=1S/C12H15BrN2O5S/c1-12(2)8-20-6-5-14(12)21(18,19)11-7-9(13)3-4-10(11)15(16)17/h3-4,7H,5-6,8H2,1-2H3. The number of morpholine rings is 1. The number of sulfonamides is 1. The molecule has 0 N–H and O–H groups in total. The van der Waals surface area contributed by atoms with Gasteiger partial charge in [0.15, 0.2) is 4.90 Å². The molecule has 1 saturated heterocycles. The van der Waals surface area contributed by atoms with Gasteiger partial charge < -0.3 is 4.74 Å². The van der Waals surface area contributed by atoms with Crippen LogP contribution in [0.4, 0.5) is 5.69 Å². The van der Waals surface area contributed by atoms with E-state index in [1.165, 1.54) is 22.5 Å². The summed E-state index contributed by atoms with van der Waals surface area (Å²) in [5.74, 6) is 0. The number of nitro benzene ring substituents is 1. The van der Waals surface area contributed by atoms with Gasteiger partial charge in [-0.25, -0.2) is 8.42 Å². The number of ether oxygens (including phenoxy) is 1. The Morgan fingerprint density at radius 3 is 2.67 bits per heavy atom. The summed E-state index contributed by atoms with van der Waals surface area (Å²) in [6.45, 7) is 4.14. The smallest absolute Gasteiger partial charge is 0.289 e. The van der Waals surface area contributed by atoms with Crippen molar-refractivity contribution in [3.8, 4) is 0 Å². The van der Waals surface area contributed by atoms with Crippen molar-refractivity contribution in [2.45, 2.75) is 24.3 Å². The highest BCUT2D eigenvalue weighted by Gasteiger charge is 2.42. The molecule has 0 aromatic heterocycles. The zero-order valence-corrected chi connectivity index (χ0v) is 14.0. The Morgan fingerprint density at radius 1 is 1.43 bits per heavy atom. The Labute approximate surface area is 131 Å². The van der Waals surface area contributed by atoms with Crippen molar-refractivity contribution in [3.63, 3.8) is 0 Å². The van der Waals surface area contributed by atoms with Gasteiger partial charge in [0.1, 0.15) is 0 Å². The first-order valence-electron chi connectivity index (χ1n) is 6.21. The van der Waals surface area contributed by atoms with Gasteiger partial charge in [0.2, 0.25) is 0 Å². The molecule has 1 aliphatic heterocycles. The minimum Gasteiger partial charge on any atom is -0.378 e. The summed E-state index contributed by atoms with van der Waals surface area (Å²) in [7, 11) is -3.99. The van der Waals surface area contributed by atoms with Gasteiger partial charge >= 0.3 is 0 Å². The van der Waals surface area contributed by atoms with Crippen molar-refractivity contribution in [2.24, 2.45) is 0 Å². The number of rotatable bonds is 3. The normalized spacial score (nSPS) is 19.4. The van der Waals surface area contributed by atoms with E-state index in [1.807, 2.05) is 0 Å². The van der Waals surface area contributed by atoms with Crippen LogP contribution in [0.25, 0.3) is 0 Å². The van der Waals surface area contributed by atoms with E-state index >= 15 is 0 Å². The van der Waals surface area contributed by atoms with Gasteiger partial charge in [0.05, 0.1) is 23.7 Å². The first kappa shape index (κ1) is 16.3. The van der Waals surface area contributed by atoms with E-state index in [0.717, 1.165) is 0 Å². The number of nitro groups is 1. The fourth-order valence-electron chi connectivity index (χ4n) is 2.25. The van der Waals surface area contributed by atoms with Crippen molar-refractivity contribution in [1.29, 1.82) is 0 Å². The molecule has 7 nitrogen and oxygen atoms in total. The second-order valence-corrected chi connectivity index (χ2v) is 8.06. The van der Waals surface area contributed by atoms with E-state index in [0.29, 0.717) is 4.47 Å². The van der Waals surface area contributed by atoms with E-state index in [4.69, 9.17) is 4.74 Å². The van der Waals surface area contributed by atoms with Crippen LogP contribution in [0.5, 0.6) is 0 Å². The first-order valence-corrected chi connectivity index (χ1v) is 8.44. The SMILES string of the molecule is CC1(C)COCCN1S(=O)(=O)c1cc(Br)ccc1[N+](=O)[O-]. The van der Waals surface area contributed by atoms with Crippen molar-refractivity contribution in [2.75, 3.05) is 19.8 Å². The Bertz CT molecular complexity index is 674. The maximum atomic E-state index is 12.8. The molecule has 0 aliphatic carbocycles. The van der Waals surface area contributed by atoms with Crippen LogP contribution in [-0.4, -0.2) is 42.9 Å². The highest BCUT2D eigenvalue weighted by Crippen LogP contribution is 2.33. The second kappa shape index (κ2) is 5.64. The lowest BCUT2D eigenvalue weighted by Gasteiger charge is -2.40. The number of hydrogen-bond donors (Lipinski definition) is 0. The molecule has 1 fully saturated rings. The lowest BCUT2D eigenvalue weighted by molar-refractivity contribution is -0.387. The first-order chi connectivity index (χ1) is 9.66. The molecule has 1 heterocycles. The average molecular weight is 379 g/mol. The molecule has 0 amide bonds. The second-order valence-electron chi connectivity index (χ2n) is 5.31. The molecule has 0 spiro atoms. The molecule has 1 aromatic carbocycles. The van der Waals surface area contributed by atoms with Crippen molar-refractivity contribution in [3.05, 3.63) is 32.8 Å². The summed E-state index contributed by atoms with van der Waals surface area (Å²) < 4.78 is 32.7. The predicted molar refractivity (Wildman–Crippen MR) is 79.6 cm³/mol. The highest BCUT2D eigenvalue weighted by molar-refractivity contribution is 9.10. The van der Waals surface area contributed by atoms with Gasteiger partial charge in [-0.15, -0.1) is 0 Å². The minimum atomic E-state index is -3.99. The molecule has 1 aliphatic rings. The van der Waals surface area contributed by atoms with Crippen LogP contribution in [0.1, 0.15) is 13.8 Å². The summed E-state index contributed by atoms with van der Waals surface area (Å²) in [4.78, 5) is 10.1. The summed E-state index contributed by atoms with van der Waals surface area (Å²) in [5, 5.41) is 11.1. The van der Waals surface area contributed by atoms with Crippen LogP contribution >= 0.6 is 15.9 Å². The molecule has 0 saturated carbocycles. The lowest BCUT2D eigenvalue weighted by atomic mass is 10.1. The molecule has 2 rings (SSSR count). The lowest BCUT2D eigenvalue weighted by Crippen LogP contribution is -2.55. The molecule has 116 valence electrons. The van der Waals surface area contributed by atoms with E-state index in [-0.39, 0.29) is 24.7 Å². The predicted octanol–water partition coefficient (Wildman–Crippen LogP) is 2.16. The Kier molecular flexibility index (Phi) is 4.39. The van der Waals surface area contributed by atoms with E-state index in [9.17, 15) is 18.5 Å². The molecule has 21 heavy (non-hydrogen) atoms. The van der Waals surface area contributed by atoms with Gasteiger partial charge in [0, 0.05) is 17.1 Å². The summed E-state index contributed by atoms with van der Waals surface area (Å²) >= 11 is 3.16. The molecule has 0 bridgehead atoms. The topological polar surface area (TPSA) is 89.8 Å². The van der Waals surface area contributed by atoms with Gasteiger partial charge in [-0.3, -0.25) is 10.1 Å². The van der Waals surface area contributed by atoms with Crippen molar-refractivity contribution >= 4 is 31.6 Å². The van der Waals surface area contributed by atoms with E-state index in [1.54, 1.807) is 13.8 Å². The number of benzene rings is 1. The molecule has 0 atom stereocenters. The van der Waals surface area contributed by atoms with Gasteiger partial charge in [0.25, 0.3) is 15.7 Å². The maximum Gasteiger partial charge on any atom is 0.289 e. The highest BCUT2D eigenvalue weighted by atomic mass is 79.9. The largest absolute Gasteiger partial charge is 0.378 e. The Balaban J connectivity index is 2.59. The van der Waals surface area contributed by atoms with Crippen LogP contribution in [0.3, 0.4) is 0 Å². The molecular weight excluding hydrogens is 364 g/mol. The third-order valence-corrected chi connectivity index (χ3v) is 5.89. The Hall–Kier alpha value is -1.03. The average Bonchev–Trinajstić information content (AvgIpc) is 2.37. The van der Waals surface area contributed by atoms with Crippen LogP contribution in [-0.2, 0) is 14.8 Å². The van der Waals surface area contributed by atoms with Gasteiger partial charge in [-0.05, 0) is 26.0 Å². The monoisotopic (exact) mass is 378 g/mol. The fraction of sp³-hybridized carbons (Fsp3) is 0.500. The molecular formula is C12H15BrN2O5S. The van der Waals surface area contributed by atoms with Crippen molar-refractivity contribution in [1.82, 2.24) is 4.31 Å². The quantitative estimate of drug-likeness (QED) is 0.593. The van der Waals surface area contributed by atoms with Crippen molar-refractivity contribution < 1.29 is 18.1 Å². The van der Waals surface area contributed by atoms with Crippen LogP contribution < -0.4 is 0 Å². The molecule has 0 radical (unpaired) electrons. The maximum absolute atomic E-state index is 12.8. The minimum absolute atomic E-state index is 0.166. The fourth-order valence-corrected chi connectivity index (χ4v) is 4.70. The zero-order chi connectivity index (χ0) is 15.8. The number of nitrogens with zero attached hydrogens (tertiary/aromatic N) is 2. The Morgan fingerprint density at radius 2 is 2.10 bits per heavy atom.